The van der Waals surface area contributed by atoms with Gasteiger partial charge in [-0.15, -0.1) is 0 Å². The summed E-state index contributed by atoms with van der Waals surface area (Å²) >= 11 is 0. The van der Waals surface area contributed by atoms with E-state index < -0.39 is 0 Å². The van der Waals surface area contributed by atoms with Gasteiger partial charge in [-0.25, -0.2) is 0 Å². The fourth-order valence-electron chi connectivity index (χ4n) is 1.70. The van der Waals surface area contributed by atoms with Crippen LogP contribution in [0.5, 0.6) is 0 Å². The third-order valence-corrected chi connectivity index (χ3v) is 2.39. The molecule has 86 valence electrons. The number of hydrogen-bond acceptors (Lipinski definition) is 2. The van der Waals surface area contributed by atoms with E-state index in [1.165, 1.54) is 12.8 Å². The van der Waals surface area contributed by atoms with Crippen LogP contribution in [0.4, 0.5) is 0 Å². The van der Waals surface area contributed by atoms with Crippen LogP contribution in [0.15, 0.2) is 0 Å². The van der Waals surface area contributed by atoms with Gasteiger partial charge >= 0.3 is 0 Å². The van der Waals surface area contributed by atoms with E-state index in [0.29, 0.717) is 11.8 Å². The van der Waals surface area contributed by atoms with Crippen molar-refractivity contribution in [2.24, 2.45) is 11.8 Å². The lowest BCUT2D eigenvalue weighted by molar-refractivity contribution is 0.140. The molecule has 0 aliphatic heterocycles. The molecule has 0 fully saturated rings. The summed E-state index contributed by atoms with van der Waals surface area (Å²) < 4.78 is 0. The number of hydrogen-bond donors (Lipinski definition) is 2. The number of aliphatic hydroxyl groups excluding tert-OH is 1. The van der Waals surface area contributed by atoms with Gasteiger partial charge in [0.05, 0.1) is 6.10 Å². The highest BCUT2D eigenvalue weighted by molar-refractivity contribution is 4.64. The Hall–Kier alpha value is -0.0800. The third kappa shape index (κ3) is 8.52. The van der Waals surface area contributed by atoms with Crippen molar-refractivity contribution in [3.63, 3.8) is 0 Å². The van der Waals surface area contributed by atoms with Gasteiger partial charge < -0.3 is 10.4 Å². The van der Waals surface area contributed by atoms with Crippen LogP contribution in [-0.4, -0.2) is 24.3 Å². The SMILES string of the molecule is CCCC(C)CC(O)CNCC(C)C. The quantitative estimate of drug-likeness (QED) is 0.632. The molecular formula is C12H27NO. The zero-order valence-electron chi connectivity index (χ0n) is 10.2. The minimum Gasteiger partial charge on any atom is -0.392 e. The monoisotopic (exact) mass is 201 g/mol. The van der Waals surface area contributed by atoms with Gasteiger partial charge in [0, 0.05) is 6.54 Å². The average Bonchev–Trinajstić information content (AvgIpc) is 2.03. The van der Waals surface area contributed by atoms with Crippen LogP contribution in [0.1, 0.15) is 47.0 Å². The summed E-state index contributed by atoms with van der Waals surface area (Å²) in [6, 6.07) is 0. The van der Waals surface area contributed by atoms with Crippen LogP contribution in [0, 0.1) is 11.8 Å². The van der Waals surface area contributed by atoms with Crippen molar-refractivity contribution >= 4 is 0 Å². The van der Waals surface area contributed by atoms with Crippen molar-refractivity contribution < 1.29 is 5.11 Å². The zero-order valence-corrected chi connectivity index (χ0v) is 10.2. The first-order valence-corrected chi connectivity index (χ1v) is 5.95. The Morgan fingerprint density at radius 1 is 1.14 bits per heavy atom. The molecule has 0 aromatic rings. The van der Waals surface area contributed by atoms with Gasteiger partial charge in [0.25, 0.3) is 0 Å². The van der Waals surface area contributed by atoms with Crippen LogP contribution < -0.4 is 5.32 Å². The molecule has 0 aliphatic carbocycles. The Morgan fingerprint density at radius 3 is 2.29 bits per heavy atom. The second kappa shape index (κ2) is 8.25. The molecule has 0 aliphatic rings. The minimum atomic E-state index is -0.171. The molecule has 0 bridgehead atoms. The van der Waals surface area contributed by atoms with Crippen LogP contribution in [0.25, 0.3) is 0 Å². The van der Waals surface area contributed by atoms with E-state index in [9.17, 15) is 5.11 Å². The van der Waals surface area contributed by atoms with Gasteiger partial charge in [-0.1, -0.05) is 40.5 Å². The molecule has 0 heterocycles. The minimum absolute atomic E-state index is 0.171. The molecular weight excluding hydrogens is 174 g/mol. The first kappa shape index (κ1) is 13.9. The van der Waals surface area contributed by atoms with Gasteiger partial charge in [-0.05, 0) is 24.8 Å². The number of nitrogens with one attached hydrogen (secondary N) is 1. The predicted octanol–water partition coefficient (Wildman–Crippen LogP) is 2.42. The van der Waals surface area contributed by atoms with Crippen molar-refractivity contribution in [3.8, 4) is 0 Å². The Balaban J connectivity index is 3.39. The largest absolute Gasteiger partial charge is 0.392 e. The Bertz CT molecular complexity index is 125. The molecule has 14 heavy (non-hydrogen) atoms. The van der Waals surface area contributed by atoms with E-state index in [1.807, 2.05) is 0 Å². The van der Waals surface area contributed by atoms with Gasteiger partial charge in [0.1, 0.15) is 0 Å². The summed E-state index contributed by atoms with van der Waals surface area (Å²) in [4.78, 5) is 0. The van der Waals surface area contributed by atoms with E-state index in [-0.39, 0.29) is 6.10 Å². The molecule has 2 unspecified atom stereocenters. The van der Waals surface area contributed by atoms with E-state index in [1.54, 1.807) is 0 Å². The lowest BCUT2D eigenvalue weighted by atomic mass is 9.99. The molecule has 0 aromatic heterocycles. The second-order valence-corrected chi connectivity index (χ2v) is 4.84. The second-order valence-electron chi connectivity index (χ2n) is 4.84. The first-order chi connectivity index (χ1) is 6.56. The van der Waals surface area contributed by atoms with Crippen LogP contribution in [-0.2, 0) is 0 Å². The van der Waals surface area contributed by atoms with Crippen molar-refractivity contribution in [1.82, 2.24) is 5.32 Å². The molecule has 0 amide bonds. The highest BCUT2D eigenvalue weighted by Gasteiger charge is 2.09. The fraction of sp³-hybridized carbons (Fsp3) is 1.00. The molecule has 0 aromatic carbocycles. The summed E-state index contributed by atoms with van der Waals surface area (Å²) in [5.41, 5.74) is 0. The van der Waals surface area contributed by atoms with Gasteiger partial charge in [0.2, 0.25) is 0 Å². The fourth-order valence-corrected chi connectivity index (χ4v) is 1.70. The summed E-state index contributed by atoms with van der Waals surface area (Å²) in [6.07, 6.45) is 3.20. The van der Waals surface area contributed by atoms with Gasteiger partial charge in [-0.2, -0.15) is 0 Å². The molecule has 2 heteroatoms. The lowest BCUT2D eigenvalue weighted by Crippen LogP contribution is -2.30. The average molecular weight is 201 g/mol. The molecule has 0 radical (unpaired) electrons. The molecule has 0 saturated carbocycles. The van der Waals surface area contributed by atoms with Crippen molar-refractivity contribution in [1.29, 1.82) is 0 Å². The maximum absolute atomic E-state index is 9.70. The maximum atomic E-state index is 9.70. The van der Waals surface area contributed by atoms with E-state index in [2.05, 4.69) is 33.0 Å². The zero-order chi connectivity index (χ0) is 11.0. The maximum Gasteiger partial charge on any atom is 0.0667 e. The number of rotatable bonds is 8. The highest BCUT2D eigenvalue weighted by Crippen LogP contribution is 2.11. The van der Waals surface area contributed by atoms with Crippen LogP contribution >= 0.6 is 0 Å². The molecule has 2 nitrogen and oxygen atoms in total. The normalized spacial score (nSPS) is 15.9. The van der Waals surface area contributed by atoms with Gasteiger partial charge in [-0.3, -0.25) is 0 Å². The summed E-state index contributed by atoms with van der Waals surface area (Å²) in [5.74, 6) is 1.31. The summed E-state index contributed by atoms with van der Waals surface area (Å²) in [6.45, 7) is 10.5. The molecule has 0 spiro atoms. The Labute approximate surface area is 89.1 Å². The topological polar surface area (TPSA) is 32.3 Å². The van der Waals surface area contributed by atoms with Gasteiger partial charge in [0.15, 0.2) is 0 Å². The predicted molar refractivity (Wildman–Crippen MR) is 62.4 cm³/mol. The van der Waals surface area contributed by atoms with E-state index in [0.717, 1.165) is 19.5 Å². The smallest absolute Gasteiger partial charge is 0.0667 e. The van der Waals surface area contributed by atoms with Crippen LogP contribution in [0.2, 0.25) is 0 Å². The summed E-state index contributed by atoms with van der Waals surface area (Å²) in [7, 11) is 0. The third-order valence-electron chi connectivity index (χ3n) is 2.39. The Morgan fingerprint density at radius 2 is 1.79 bits per heavy atom. The molecule has 2 atom stereocenters. The van der Waals surface area contributed by atoms with Crippen molar-refractivity contribution in [3.05, 3.63) is 0 Å². The lowest BCUT2D eigenvalue weighted by Gasteiger charge is -2.17. The number of aliphatic hydroxyl groups is 1. The molecule has 0 saturated heterocycles. The summed E-state index contributed by atoms with van der Waals surface area (Å²) in [5, 5.41) is 13.0. The standard InChI is InChI=1S/C12H27NO/c1-5-6-11(4)7-12(14)9-13-8-10(2)3/h10-14H,5-9H2,1-4H3. The van der Waals surface area contributed by atoms with Crippen molar-refractivity contribution in [2.45, 2.75) is 53.1 Å². The first-order valence-electron chi connectivity index (χ1n) is 5.95. The molecule has 0 rings (SSSR count). The van der Waals surface area contributed by atoms with E-state index >= 15 is 0 Å². The highest BCUT2D eigenvalue weighted by atomic mass is 16.3. The molecule has 2 N–H and O–H groups in total. The van der Waals surface area contributed by atoms with Crippen LogP contribution in [0.3, 0.4) is 0 Å². The van der Waals surface area contributed by atoms with E-state index in [4.69, 9.17) is 0 Å². The van der Waals surface area contributed by atoms with Crippen molar-refractivity contribution in [2.75, 3.05) is 13.1 Å². The Kier molecular flexibility index (Phi) is 8.20.